The number of phenolic OH excluding ortho intramolecular Hbond substituents is 1. The maximum absolute atomic E-state index is 17.3. The number of ether oxygens (including phenoxy) is 2. The van der Waals surface area contributed by atoms with Crippen LogP contribution in [0.4, 0.5) is 19.0 Å². The third-order valence-corrected chi connectivity index (χ3v) is 19.1. The Labute approximate surface area is 328 Å². The summed E-state index contributed by atoms with van der Waals surface area (Å²) in [4.78, 5) is 30.4. The number of phenols is 1. The van der Waals surface area contributed by atoms with Crippen molar-refractivity contribution in [2.45, 2.75) is 102 Å². The number of carbonyl (C=O) groups excluding carboxylic acids is 1. The highest BCUT2D eigenvalue weighted by Gasteiger charge is 2.49. The van der Waals surface area contributed by atoms with Gasteiger partial charge in [-0.25, -0.2) is 13.2 Å². The molecule has 3 aliphatic rings. The Morgan fingerprint density at radius 1 is 1.05 bits per heavy atom. The number of carbonyl (C=O) groups is 1. The van der Waals surface area contributed by atoms with Gasteiger partial charge in [0.05, 0.1) is 29.5 Å². The molecule has 0 unspecified atom stereocenters. The van der Waals surface area contributed by atoms with Gasteiger partial charge in [-0.05, 0) is 72.4 Å². The lowest BCUT2D eigenvalue weighted by molar-refractivity contribution is -0.146. The summed E-state index contributed by atoms with van der Waals surface area (Å²) in [5, 5.41) is 12.1. The van der Waals surface area contributed by atoms with Gasteiger partial charge in [-0.1, -0.05) is 53.5 Å². The zero-order valence-corrected chi connectivity index (χ0v) is 34.4. The molecule has 9 nitrogen and oxygen atoms in total. The van der Waals surface area contributed by atoms with Crippen molar-refractivity contribution in [3.63, 3.8) is 0 Å². The molecular formula is C43H52F3N5O4Si. The largest absolute Gasteiger partial charge is 0.508 e. The average molecular weight is 788 g/mol. The molecule has 2 atom stereocenters. The van der Waals surface area contributed by atoms with E-state index in [1.54, 1.807) is 6.07 Å². The second kappa shape index (κ2) is 15.5. The molecule has 3 fully saturated rings. The molecule has 0 aliphatic carbocycles. The van der Waals surface area contributed by atoms with Crippen molar-refractivity contribution in [1.29, 1.82) is 0 Å². The first-order valence-electron chi connectivity index (χ1n) is 19.9. The van der Waals surface area contributed by atoms with Crippen molar-refractivity contribution in [3.05, 3.63) is 47.7 Å². The third kappa shape index (κ3) is 6.97. The number of esters is 1. The van der Waals surface area contributed by atoms with Gasteiger partial charge >= 0.3 is 12.0 Å². The number of benzene rings is 2. The predicted molar refractivity (Wildman–Crippen MR) is 215 cm³/mol. The van der Waals surface area contributed by atoms with Gasteiger partial charge in [0.2, 0.25) is 0 Å². The summed E-state index contributed by atoms with van der Waals surface area (Å²) in [7, 11) is -0.925. The highest BCUT2D eigenvalue weighted by molar-refractivity contribution is 6.90. The lowest BCUT2D eigenvalue weighted by Gasteiger charge is -2.38. The lowest BCUT2D eigenvalue weighted by atomic mass is 9.95. The maximum Gasteiger partial charge on any atom is 0.319 e. The van der Waals surface area contributed by atoms with Crippen molar-refractivity contribution in [2.24, 2.45) is 5.92 Å². The number of hydrogen-bond donors (Lipinski definition) is 1. The molecular weight excluding hydrogens is 736 g/mol. The molecule has 3 aliphatic heterocycles. The van der Waals surface area contributed by atoms with Crippen LogP contribution in [0.5, 0.6) is 11.8 Å². The Morgan fingerprint density at radius 3 is 2.45 bits per heavy atom. The van der Waals surface area contributed by atoms with Crippen molar-refractivity contribution < 1.29 is 32.5 Å². The number of nitrogens with zero attached hydrogens (tertiary/aromatic N) is 5. The molecule has 0 radical (unpaired) electrons. The number of aromatic hydroxyl groups is 1. The van der Waals surface area contributed by atoms with Gasteiger partial charge < -0.3 is 19.5 Å². The molecule has 1 N–H and O–H groups in total. The minimum atomic E-state index is -2.30. The van der Waals surface area contributed by atoms with Crippen LogP contribution in [0, 0.1) is 29.0 Å². The highest BCUT2D eigenvalue weighted by Crippen LogP contribution is 2.44. The molecule has 0 spiro atoms. The second-order valence-corrected chi connectivity index (χ2v) is 22.4. The van der Waals surface area contributed by atoms with Gasteiger partial charge in [0.25, 0.3) is 0 Å². The number of methoxy groups -OCH3 is 1. The summed E-state index contributed by atoms with van der Waals surface area (Å²) in [6.45, 7) is 15.3. The fourth-order valence-corrected chi connectivity index (χ4v) is 15.2. The number of rotatable bonds is 9. The minimum Gasteiger partial charge on any atom is -0.508 e. The fraction of sp³-hybridized carbons (Fsp3) is 0.535. The van der Waals surface area contributed by atoms with Gasteiger partial charge in [0.1, 0.15) is 49.4 Å². The molecule has 4 aromatic rings. The van der Waals surface area contributed by atoms with E-state index in [1.807, 2.05) is 4.90 Å². The van der Waals surface area contributed by atoms with Crippen LogP contribution in [0.3, 0.4) is 0 Å². The van der Waals surface area contributed by atoms with Crippen LogP contribution >= 0.6 is 0 Å². The summed E-state index contributed by atoms with van der Waals surface area (Å²) in [5.41, 5.74) is 4.14. The topological polar surface area (TPSA) is 101 Å². The molecule has 298 valence electrons. The smallest absolute Gasteiger partial charge is 0.319 e. The number of aromatic nitrogens is 3. The summed E-state index contributed by atoms with van der Waals surface area (Å²) in [6, 6.07) is 5.73. The van der Waals surface area contributed by atoms with Crippen LogP contribution in [0.1, 0.15) is 79.2 Å². The number of halogens is 3. The molecule has 7 rings (SSSR count). The zero-order chi connectivity index (χ0) is 40.1. The van der Waals surface area contributed by atoms with E-state index in [0.717, 1.165) is 19.4 Å². The Kier molecular flexibility index (Phi) is 11.0. The van der Waals surface area contributed by atoms with Crippen molar-refractivity contribution in [2.75, 3.05) is 44.8 Å². The molecule has 0 bridgehead atoms. The molecule has 2 aromatic heterocycles. The molecule has 13 heteroatoms. The third-order valence-electron chi connectivity index (χ3n) is 12.8. The fourth-order valence-electron chi connectivity index (χ4n) is 9.99. The van der Waals surface area contributed by atoms with Crippen LogP contribution in [-0.4, -0.2) is 90.6 Å². The van der Waals surface area contributed by atoms with E-state index in [-0.39, 0.29) is 52.6 Å². The van der Waals surface area contributed by atoms with E-state index in [2.05, 4.69) is 67.9 Å². The van der Waals surface area contributed by atoms with E-state index in [9.17, 15) is 14.3 Å². The number of pyridine rings is 1. The van der Waals surface area contributed by atoms with Crippen molar-refractivity contribution in [3.8, 4) is 34.5 Å². The molecule has 0 saturated carbocycles. The number of alkyl halides is 1. The van der Waals surface area contributed by atoms with Gasteiger partial charge in [-0.15, -0.1) is 5.54 Å². The summed E-state index contributed by atoms with van der Waals surface area (Å²) >= 11 is 0. The van der Waals surface area contributed by atoms with Gasteiger partial charge in [-0.2, -0.15) is 9.97 Å². The Hall–Kier alpha value is -4.41. The van der Waals surface area contributed by atoms with Crippen LogP contribution in [0.15, 0.2) is 30.5 Å². The lowest BCUT2D eigenvalue weighted by Crippen LogP contribution is -2.43. The minimum absolute atomic E-state index is 0.0575. The second-order valence-electron chi connectivity index (χ2n) is 16.8. The normalized spacial score (nSPS) is 20.7. The van der Waals surface area contributed by atoms with Crippen molar-refractivity contribution in [1.82, 2.24) is 19.9 Å². The Balaban J connectivity index is 1.38. The summed E-state index contributed by atoms with van der Waals surface area (Å²) in [6.07, 6.45) is 3.62. The van der Waals surface area contributed by atoms with Crippen LogP contribution < -0.4 is 9.64 Å². The number of fused-ring (bicyclic) bond motifs is 3. The highest BCUT2D eigenvalue weighted by atomic mass is 28.3. The zero-order valence-electron chi connectivity index (χ0n) is 33.4. The van der Waals surface area contributed by atoms with Gasteiger partial charge in [-0.3, -0.25) is 14.7 Å². The predicted octanol–water partition coefficient (Wildman–Crippen LogP) is 8.74. The first kappa shape index (κ1) is 39.8. The standard InChI is InChI=1S/C43H52F3N5O4Si/c1-25(2)56(26(3)4,27(5)6)18-13-32-35(45)10-9-29-19-31(52)20-33(36(29)32)38-37(46)39-34(22-47-38)40(50-16-11-28(12-17-50)41(53)54-7)49-42(48-39)55-24-43-14-8-15-51(43)23-30(44)21-43/h9-10,19-20,22,25-28,30,52H,8,11-12,14-17,21,23-24H2,1-7H3/t30-,43+/m1/s1. The van der Waals surface area contributed by atoms with Gasteiger partial charge in [0.15, 0.2) is 5.82 Å². The maximum atomic E-state index is 17.3. The molecule has 56 heavy (non-hydrogen) atoms. The molecule has 0 amide bonds. The summed E-state index contributed by atoms with van der Waals surface area (Å²) in [5.74, 6) is 1.64. The molecule has 3 saturated heterocycles. The number of anilines is 1. The van der Waals surface area contributed by atoms with Crippen molar-refractivity contribution >= 4 is 41.5 Å². The van der Waals surface area contributed by atoms with E-state index < -0.39 is 31.4 Å². The SMILES string of the molecule is COC(=O)C1CCN(c2nc(OC[C@@]34CCCN3C[C@H](F)C4)nc3c(F)c(-c4cc(O)cc5ccc(F)c(C#C[Si](C(C)C)(C(C)C)C(C)C)c45)ncc23)CC1. The van der Waals surface area contributed by atoms with E-state index >= 15 is 8.78 Å². The monoisotopic (exact) mass is 787 g/mol. The van der Waals surface area contributed by atoms with Gasteiger partial charge in [0, 0.05) is 43.2 Å². The average Bonchev–Trinajstić information content (AvgIpc) is 3.69. The first-order valence-corrected chi connectivity index (χ1v) is 22.1. The number of hydrogen-bond acceptors (Lipinski definition) is 9. The van der Waals surface area contributed by atoms with Crippen LogP contribution in [0.2, 0.25) is 16.6 Å². The quantitative estimate of drug-likeness (QED) is 0.101. The molecule has 5 heterocycles. The summed E-state index contributed by atoms with van der Waals surface area (Å²) < 4.78 is 59.3. The van der Waals surface area contributed by atoms with E-state index in [0.29, 0.717) is 77.5 Å². The number of piperidine rings is 1. The van der Waals surface area contributed by atoms with E-state index in [1.165, 1.54) is 31.5 Å². The van der Waals surface area contributed by atoms with Crippen LogP contribution in [0.25, 0.3) is 32.9 Å². The van der Waals surface area contributed by atoms with Crippen LogP contribution in [-0.2, 0) is 9.53 Å². The van der Waals surface area contributed by atoms with E-state index in [4.69, 9.17) is 14.5 Å². The first-order chi connectivity index (χ1) is 26.7. The Morgan fingerprint density at radius 2 is 1.77 bits per heavy atom. The molecule has 2 aromatic carbocycles. The Bertz CT molecular complexity index is 2200.